The summed E-state index contributed by atoms with van der Waals surface area (Å²) in [5, 5.41) is 11.2. The van der Waals surface area contributed by atoms with E-state index in [-0.39, 0.29) is 11.7 Å². The van der Waals surface area contributed by atoms with E-state index < -0.39 is 4.92 Å². The number of nitrogens with zero attached hydrogens (tertiary/aromatic N) is 2. The highest BCUT2D eigenvalue weighted by atomic mass is 35.5. The highest BCUT2D eigenvalue weighted by molar-refractivity contribution is 6.29. The molecule has 0 saturated heterocycles. The predicted octanol–water partition coefficient (Wildman–Crippen LogP) is 2.66. The van der Waals surface area contributed by atoms with Crippen molar-refractivity contribution in [1.82, 2.24) is 10.4 Å². The molecule has 2 heterocycles. The molecule has 96 valence electrons. The Bertz CT molecular complexity index is 662. The van der Waals surface area contributed by atoms with Gasteiger partial charge in [0.15, 0.2) is 0 Å². The zero-order valence-electron chi connectivity index (χ0n) is 9.63. The fourth-order valence-electron chi connectivity index (χ4n) is 2.10. The van der Waals surface area contributed by atoms with E-state index in [1.165, 1.54) is 6.07 Å². The SMILES string of the molecule is O=[N+]([O-])c1ccc2c(c1)C(c1ccnc(Cl)c1)NN2. The van der Waals surface area contributed by atoms with E-state index in [0.29, 0.717) is 5.15 Å². The lowest BCUT2D eigenvalue weighted by molar-refractivity contribution is -0.384. The van der Waals surface area contributed by atoms with Gasteiger partial charge in [-0.3, -0.25) is 10.1 Å². The van der Waals surface area contributed by atoms with Gasteiger partial charge < -0.3 is 5.43 Å². The summed E-state index contributed by atoms with van der Waals surface area (Å²) < 4.78 is 0. The summed E-state index contributed by atoms with van der Waals surface area (Å²) in [6, 6.07) is 8.07. The van der Waals surface area contributed by atoms with Gasteiger partial charge in [0.1, 0.15) is 5.15 Å². The molecule has 3 rings (SSSR count). The van der Waals surface area contributed by atoms with Crippen LogP contribution in [0.4, 0.5) is 11.4 Å². The molecule has 2 aromatic rings. The zero-order valence-corrected chi connectivity index (χ0v) is 10.4. The van der Waals surface area contributed by atoms with Gasteiger partial charge in [-0.15, -0.1) is 0 Å². The van der Waals surface area contributed by atoms with Crippen LogP contribution in [-0.4, -0.2) is 9.91 Å². The minimum absolute atomic E-state index is 0.0643. The lowest BCUT2D eigenvalue weighted by Crippen LogP contribution is -2.19. The standard InChI is InChI=1S/C12H9ClN4O2/c13-11-5-7(3-4-14-11)12-9-6-8(17(18)19)1-2-10(9)15-16-12/h1-6,12,15-16H. The van der Waals surface area contributed by atoms with Crippen LogP contribution in [0, 0.1) is 10.1 Å². The predicted molar refractivity (Wildman–Crippen MR) is 70.9 cm³/mol. The minimum atomic E-state index is -0.408. The number of aromatic nitrogens is 1. The van der Waals surface area contributed by atoms with E-state index in [2.05, 4.69) is 15.8 Å². The van der Waals surface area contributed by atoms with E-state index in [1.807, 2.05) is 6.07 Å². The fraction of sp³-hybridized carbons (Fsp3) is 0.0833. The number of hydrogen-bond acceptors (Lipinski definition) is 5. The van der Waals surface area contributed by atoms with Gasteiger partial charge in [0.05, 0.1) is 16.7 Å². The summed E-state index contributed by atoms with van der Waals surface area (Å²) in [6.07, 6.45) is 1.61. The van der Waals surface area contributed by atoms with Crippen molar-refractivity contribution in [3.8, 4) is 0 Å². The van der Waals surface area contributed by atoms with Crippen LogP contribution >= 0.6 is 11.6 Å². The molecule has 6 nitrogen and oxygen atoms in total. The van der Waals surface area contributed by atoms with Crippen molar-refractivity contribution < 1.29 is 4.92 Å². The highest BCUT2D eigenvalue weighted by Gasteiger charge is 2.25. The molecule has 1 aliphatic heterocycles. The van der Waals surface area contributed by atoms with Crippen molar-refractivity contribution in [1.29, 1.82) is 0 Å². The second-order valence-corrected chi connectivity index (χ2v) is 4.53. The number of halogens is 1. The molecule has 7 heteroatoms. The molecule has 1 aromatic carbocycles. The van der Waals surface area contributed by atoms with Crippen molar-refractivity contribution in [2.75, 3.05) is 5.43 Å². The normalized spacial score (nSPS) is 16.8. The minimum Gasteiger partial charge on any atom is -0.320 e. The van der Waals surface area contributed by atoms with Crippen LogP contribution in [0.25, 0.3) is 0 Å². The maximum atomic E-state index is 10.8. The third kappa shape index (κ3) is 2.11. The number of rotatable bonds is 2. The maximum Gasteiger partial charge on any atom is 0.269 e. The van der Waals surface area contributed by atoms with Crippen LogP contribution in [0.5, 0.6) is 0 Å². The number of benzene rings is 1. The second-order valence-electron chi connectivity index (χ2n) is 4.14. The fourth-order valence-corrected chi connectivity index (χ4v) is 2.29. The molecule has 19 heavy (non-hydrogen) atoms. The second kappa shape index (κ2) is 4.49. The van der Waals surface area contributed by atoms with E-state index in [0.717, 1.165) is 16.8 Å². The van der Waals surface area contributed by atoms with Gasteiger partial charge in [-0.05, 0) is 23.8 Å². The molecule has 0 saturated carbocycles. The van der Waals surface area contributed by atoms with Crippen molar-refractivity contribution in [3.05, 3.63) is 62.9 Å². The molecule has 0 amide bonds. The highest BCUT2D eigenvalue weighted by Crippen LogP contribution is 2.35. The Morgan fingerprint density at radius 1 is 1.32 bits per heavy atom. The Hall–Kier alpha value is -2.18. The van der Waals surface area contributed by atoms with Crippen LogP contribution in [0.3, 0.4) is 0 Å². The van der Waals surface area contributed by atoms with Gasteiger partial charge in [0.2, 0.25) is 0 Å². The number of nitrogens with one attached hydrogen (secondary N) is 2. The number of hydrogen-bond donors (Lipinski definition) is 2. The first-order chi connectivity index (χ1) is 9.15. The van der Waals surface area contributed by atoms with Gasteiger partial charge in [-0.25, -0.2) is 10.4 Å². The number of hydrazine groups is 1. The number of nitro benzene ring substituents is 1. The lowest BCUT2D eigenvalue weighted by Gasteiger charge is -2.11. The molecule has 1 unspecified atom stereocenters. The molecular weight excluding hydrogens is 268 g/mol. The zero-order chi connectivity index (χ0) is 13.4. The average molecular weight is 277 g/mol. The molecule has 0 spiro atoms. The summed E-state index contributed by atoms with van der Waals surface area (Å²) in [7, 11) is 0. The molecule has 0 aliphatic carbocycles. The Morgan fingerprint density at radius 3 is 2.89 bits per heavy atom. The van der Waals surface area contributed by atoms with E-state index in [4.69, 9.17) is 11.6 Å². The third-order valence-electron chi connectivity index (χ3n) is 2.99. The molecule has 0 radical (unpaired) electrons. The number of anilines is 1. The van der Waals surface area contributed by atoms with Crippen LogP contribution in [0.15, 0.2) is 36.5 Å². The van der Waals surface area contributed by atoms with Crippen LogP contribution in [0.1, 0.15) is 17.2 Å². The quantitative estimate of drug-likeness (QED) is 0.501. The molecule has 1 atom stereocenters. The summed E-state index contributed by atoms with van der Waals surface area (Å²) >= 11 is 5.86. The first-order valence-electron chi connectivity index (χ1n) is 5.56. The molecule has 0 fully saturated rings. The monoisotopic (exact) mass is 276 g/mol. The number of non-ortho nitro benzene ring substituents is 1. The number of fused-ring (bicyclic) bond motifs is 1. The van der Waals surface area contributed by atoms with Gasteiger partial charge in [-0.2, -0.15) is 0 Å². The Balaban J connectivity index is 2.05. The van der Waals surface area contributed by atoms with E-state index in [1.54, 1.807) is 24.4 Å². The first-order valence-corrected chi connectivity index (χ1v) is 5.94. The topological polar surface area (TPSA) is 80.1 Å². The van der Waals surface area contributed by atoms with Crippen molar-refractivity contribution in [3.63, 3.8) is 0 Å². The number of pyridine rings is 1. The van der Waals surface area contributed by atoms with Crippen LogP contribution in [0.2, 0.25) is 5.15 Å². The largest absolute Gasteiger partial charge is 0.320 e. The van der Waals surface area contributed by atoms with Gasteiger partial charge in [0, 0.05) is 23.9 Å². The molecule has 0 bridgehead atoms. The van der Waals surface area contributed by atoms with Crippen LogP contribution < -0.4 is 10.9 Å². The first kappa shape index (κ1) is 11.9. The third-order valence-corrected chi connectivity index (χ3v) is 3.20. The van der Waals surface area contributed by atoms with Gasteiger partial charge in [-0.1, -0.05) is 11.6 Å². The van der Waals surface area contributed by atoms with Crippen molar-refractivity contribution in [2.24, 2.45) is 0 Å². The molecular formula is C12H9ClN4O2. The summed E-state index contributed by atoms with van der Waals surface area (Å²) in [5.74, 6) is 0. The maximum absolute atomic E-state index is 10.8. The van der Waals surface area contributed by atoms with Crippen molar-refractivity contribution >= 4 is 23.0 Å². The van der Waals surface area contributed by atoms with Crippen LogP contribution in [-0.2, 0) is 0 Å². The summed E-state index contributed by atoms with van der Waals surface area (Å²) in [6.45, 7) is 0. The summed E-state index contributed by atoms with van der Waals surface area (Å²) in [5.41, 5.74) is 8.67. The molecule has 1 aromatic heterocycles. The lowest BCUT2D eigenvalue weighted by atomic mass is 10.00. The smallest absolute Gasteiger partial charge is 0.269 e. The Morgan fingerprint density at radius 2 is 2.16 bits per heavy atom. The van der Waals surface area contributed by atoms with E-state index in [9.17, 15) is 10.1 Å². The van der Waals surface area contributed by atoms with Gasteiger partial charge in [0.25, 0.3) is 5.69 Å². The van der Waals surface area contributed by atoms with E-state index >= 15 is 0 Å². The van der Waals surface area contributed by atoms with Gasteiger partial charge >= 0.3 is 0 Å². The Labute approximate surface area is 113 Å². The average Bonchev–Trinajstić information content (AvgIpc) is 2.81. The Kier molecular flexibility index (Phi) is 2.81. The molecule has 2 N–H and O–H groups in total. The number of nitro groups is 1. The van der Waals surface area contributed by atoms with Crippen molar-refractivity contribution in [2.45, 2.75) is 6.04 Å². The molecule has 1 aliphatic rings. The summed E-state index contributed by atoms with van der Waals surface area (Å²) in [4.78, 5) is 14.3.